The molecule has 1 aromatic heterocycles. The topological polar surface area (TPSA) is 86.3 Å². The van der Waals surface area contributed by atoms with Gasteiger partial charge in [-0.05, 0) is 30.3 Å². The van der Waals surface area contributed by atoms with Gasteiger partial charge in [0.1, 0.15) is 5.69 Å². The van der Waals surface area contributed by atoms with Crippen molar-refractivity contribution in [3.05, 3.63) is 47.8 Å². The molecular formula is C14H16ClN3O3. The Labute approximate surface area is 128 Å². The van der Waals surface area contributed by atoms with Gasteiger partial charge in [0.15, 0.2) is 0 Å². The van der Waals surface area contributed by atoms with E-state index in [0.717, 1.165) is 0 Å². The second-order valence-electron chi connectivity index (χ2n) is 4.29. The van der Waals surface area contributed by atoms with Crippen molar-refractivity contribution in [1.29, 1.82) is 0 Å². The van der Waals surface area contributed by atoms with Gasteiger partial charge in [0.25, 0.3) is 5.91 Å². The number of anilines is 2. The molecule has 1 amide bonds. The quantitative estimate of drug-likeness (QED) is 0.850. The number of benzene rings is 1. The summed E-state index contributed by atoms with van der Waals surface area (Å²) in [6, 6.07) is 8.03. The van der Waals surface area contributed by atoms with E-state index < -0.39 is 5.97 Å². The summed E-state index contributed by atoms with van der Waals surface area (Å²) in [6.45, 7) is 0. The standard InChI is InChI=1S/C14H15N3O3.ClH/c1-17-8-10(15)7-12(17)13(18)16-11-5-3-9(4-6-11)14(19)20-2;/h3-8H,15H2,1-2H3,(H,16,18);1H. The zero-order valence-corrected chi connectivity index (χ0v) is 12.4. The SMILES string of the molecule is COC(=O)c1ccc(NC(=O)c2cc(N)cn2C)cc1.Cl. The molecule has 0 aliphatic carbocycles. The number of carbonyl (C=O) groups is 2. The number of ether oxygens (including phenoxy) is 1. The molecule has 3 N–H and O–H groups in total. The third-order valence-electron chi connectivity index (χ3n) is 2.82. The predicted molar refractivity (Wildman–Crippen MR) is 82.8 cm³/mol. The number of nitrogens with zero attached hydrogens (tertiary/aromatic N) is 1. The number of halogens is 1. The number of esters is 1. The molecule has 0 aliphatic heterocycles. The lowest BCUT2D eigenvalue weighted by Crippen LogP contribution is -2.15. The van der Waals surface area contributed by atoms with Gasteiger partial charge >= 0.3 is 5.97 Å². The van der Waals surface area contributed by atoms with E-state index in [-0.39, 0.29) is 18.3 Å². The number of rotatable bonds is 3. The lowest BCUT2D eigenvalue weighted by atomic mass is 10.2. The van der Waals surface area contributed by atoms with Gasteiger partial charge in [-0.15, -0.1) is 12.4 Å². The Hall–Kier alpha value is -2.47. The molecule has 0 unspecified atom stereocenters. The van der Waals surface area contributed by atoms with E-state index in [2.05, 4.69) is 10.1 Å². The van der Waals surface area contributed by atoms with Crippen LogP contribution >= 0.6 is 12.4 Å². The zero-order chi connectivity index (χ0) is 14.7. The van der Waals surface area contributed by atoms with Crippen molar-refractivity contribution in [2.24, 2.45) is 7.05 Å². The highest BCUT2D eigenvalue weighted by molar-refractivity contribution is 6.04. The fourth-order valence-electron chi connectivity index (χ4n) is 1.82. The number of aromatic nitrogens is 1. The van der Waals surface area contributed by atoms with E-state index in [1.807, 2.05) is 0 Å². The van der Waals surface area contributed by atoms with Gasteiger partial charge in [0, 0.05) is 18.9 Å². The Kier molecular flexibility index (Phi) is 5.37. The Morgan fingerprint density at radius 1 is 1.24 bits per heavy atom. The Morgan fingerprint density at radius 3 is 2.33 bits per heavy atom. The Morgan fingerprint density at radius 2 is 1.86 bits per heavy atom. The van der Waals surface area contributed by atoms with Gasteiger partial charge in [-0.25, -0.2) is 4.79 Å². The van der Waals surface area contributed by atoms with E-state index in [9.17, 15) is 9.59 Å². The van der Waals surface area contributed by atoms with Crippen LogP contribution in [0.4, 0.5) is 11.4 Å². The van der Waals surface area contributed by atoms with Crippen LogP contribution < -0.4 is 11.1 Å². The molecular weight excluding hydrogens is 294 g/mol. The van der Waals surface area contributed by atoms with E-state index in [1.165, 1.54) is 7.11 Å². The first-order valence-electron chi connectivity index (χ1n) is 5.93. The van der Waals surface area contributed by atoms with Crippen LogP contribution in [-0.2, 0) is 11.8 Å². The van der Waals surface area contributed by atoms with Crippen molar-refractivity contribution in [2.45, 2.75) is 0 Å². The number of hydrogen-bond acceptors (Lipinski definition) is 4. The van der Waals surface area contributed by atoms with Crippen molar-refractivity contribution in [3.8, 4) is 0 Å². The smallest absolute Gasteiger partial charge is 0.337 e. The molecule has 0 radical (unpaired) electrons. The van der Waals surface area contributed by atoms with Crippen molar-refractivity contribution in [3.63, 3.8) is 0 Å². The molecule has 112 valence electrons. The first-order chi connectivity index (χ1) is 9.51. The van der Waals surface area contributed by atoms with E-state index in [1.54, 1.807) is 48.1 Å². The number of nitrogen functional groups attached to an aromatic ring is 1. The van der Waals surface area contributed by atoms with Crippen molar-refractivity contribution < 1.29 is 14.3 Å². The second-order valence-corrected chi connectivity index (χ2v) is 4.29. The number of amides is 1. The highest BCUT2D eigenvalue weighted by atomic mass is 35.5. The molecule has 6 nitrogen and oxygen atoms in total. The monoisotopic (exact) mass is 309 g/mol. The zero-order valence-electron chi connectivity index (χ0n) is 11.6. The van der Waals surface area contributed by atoms with Gasteiger partial charge in [0.2, 0.25) is 0 Å². The minimum atomic E-state index is -0.418. The summed E-state index contributed by atoms with van der Waals surface area (Å²) in [4.78, 5) is 23.3. The minimum absolute atomic E-state index is 0. The average molecular weight is 310 g/mol. The number of methoxy groups -OCH3 is 1. The highest BCUT2D eigenvalue weighted by Crippen LogP contribution is 2.14. The molecule has 0 atom stereocenters. The first kappa shape index (κ1) is 16.6. The molecule has 7 heteroatoms. The summed E-state index contributed by atoms with van der Waals surface area (Å²) in [5, 5.41) is 2.73. The lowest BCUT2D eigenvalue weighted by molar-refractivity contribution is 0.0600. The van der Waals surface area contributed by atoms with Crippen LogP contribution in [0.15, 0.2) is 36.5 Å². The van der Waals surface area contributed by atoms with Crippen LogP contribution in [0.25, 0.3) is 0 Å². The summed E-state index contributed by atoms with van der Waals surface area (Å²) < 4.78 is 6.25. The number of carbonyl (C=O) groups excluding carboxylic acids is 2. The molecule has 1 heterocycles. The van der Waals surface area contributed by atoms with Crippen molar-refractivity contribution in [2.75, 3.05) is 18.2 Å². The maximum atomic E-state index is 12.0. The molecule has 21 heavy (non-hydrogen) atoms. The highest BCUT2D eigenvalue weighted by Gasteiger charge is 2.11. The molecule has 2 rings (SSSR count). The van der Waals surface area contributed by atoms with E-state index >= 15 is 0 Å². The van der Waals surface area contributed by atoms with Gasteiger partial charge in [-0.1, -0.05) is 0 Å². The second kappa shape index (κ2) is 6.81. The van der Waals surface area contributed by atoms with Gasteiger partial charge in [0.05, 0.1) is 18.4 Å². The molecule has 2 aromatic rings. The number of aryl methyl sites for hydroxylation is 1. The van der Waals surface area contributed by atoms with E-state index in [0.29, 0.717) is 22.6 Å². The maximum absolute atomic E-state index is 12.0. The van der Waals surface area contributed by atoms with Gasteiger partial charge in [-0.2, -0.15) is 0 Å². The summed E-state index contributed by atoms with van der Waals surface area (Å²) in [7, 11) is 3.06. The summed E-state index contributed by atoms with van der Waals surface area (Å²) >= 11 is 0. The van der Waals surface area contributed by atoms with Gasteiger partial charge in [-0.3, -0.25) is 4.79 Å². The fraction of sp³-hybridized carbons (Fsp3) is 0.143. The number of nitrogens with two attached hydrogens (primary N) is 1. The molecule has 0 bridgehead atoms. The average Bonchev–Trinajstić information content (AvgIpc) is 2.78. The number of hydrogen-bond donors (Lipinski definition) is 2. The largest absolute Gasteiger partial charge is 0.465 e. The fourth-order valence-corrected chi connectivity index (χ4v) is 1.82. The van der Waals surface area contributed by atoms with E-state index in [4.69, 9.17) is 5.73 Å². The van der Waals surface area contributed by atoms with Crippen LogP contribution in [0.1, 0.15) is 20.8 Å². The van der Waals surface area contributed by atoms with Crippen LogP contribution in [0.2, 0.25) is 0 Å². The molecule has 0 saturated heterocycles. The normalized spacial score (nSPS) is 9.62. The van der Waals surface area contributed by atoms with Crippen LogP contribution in [0.5, 0.6) is 0 Å². The summed E-state index contributed by atoms with van der Waals surface area (Å²) in [5.74, 6) is -0.687. The third kappa shape index (κ3) is 3.76. The summed E-state index contributed by atoms with van der Waals surface area (Å²) in [6.07, 6.45) is 1.66. The van der Waals surface area contributed by atoms with Crippen molar-refractivity contribution >= 4 is 35.7 Å². The lowest BCUT2D eigenvalue weighted by Gasteiger charge is -2.06. The van der Waals surface area contributed by atoms with Crippen LogP contribution in [0, 0.1) is 0 Å². The Balaban J connectivity index is 0.00000220. The predicted octanol–water partition coefficient (Wildman–Crippen LogP) is 2.07. The molecule has 1 aromatic carbocycles. The Bertz CT molecular complexity index is 650. The van der Waals surface area contributed by atoms with Gasteiger partial charge < -0.3 is 20.4 Å². The van der Waals surface area contributed by atoms with Crippen molar-refractivity contribution in [1.82, 2.24) is 4.57 Å². The number of nitrogens with one attached hydrogen (secondary N) is 1. The maximum Gasteiger partial charge on any atom is 0.337 e. The molecule has 0 fully saturated rings. The molecule has 0 aliphatic rings. The first-order valence-corrected chi connectivity index (χ1v) is 5.93. The minimum Gasteiger partial charge on any atom is -0.465 e. The molecule has 0 spiro atoms. The van der Waals surface area contributed by atoms with Crippen LogP contribution in [-0.4, -0.2) is 23.6 Å². The van der Waals surface area contributed by atoms with Crippen LogP contribution in [0.3, 0.4) is 0 Å². The summed E-state index contributed by atoms with van der Waals surface area (Å²) in [5.41, 5.74) is 7.62. The third-order valence-corrected chi connectivity index (χ3v) is 2.82. The molecule has 0 saturated carbocycles.